The van der Waals surface area contributed by atoms with Crippen molar-refractivity contribution in [2.24, 2.45) is 0 Å². The van der Waals surface area contributed by atoms with Crippen molar-refractivity contribution in [3.8, 4) is 5.75 Å². The summed E-state index contributed by atoms with van der Waals surface area (Å²) in [4.78, 5) is 8.71. The molecule has 2 N–H and O–H groups in total. The van der Waals surface area contributed by atoms with Crippen LogP contribution in [0.15, 0.2) is 36.5 Å². The SMILES string of the molecule is COc1ccc(CCNc2nccc(NC(C)(C)C)n2)cc1. The molecular weight excluding hydrogens is 276 g/mol. The number of nitrogens with one attached hydrogen (secondary N) is 2. The second kappa shape index (κ2) is 7.11. The van der Waals surface area contributed by atoms with Crippen molar-refractivity contribution < 1.29 is 4.74 Å². The summed E-state index contributed by atoms with van der Waals surface area (Å²) in [6.07, 6.45) is 2.67. The summed E-state index contributed by atoms with van der Waals surface area (Å²) in [5, 5.41) is 6.59. The van der Waals surface area contributed by atoms with Gasteiger partial charge in [-0.3, -0.25) is 0 Å². The predicted octanol–water partition coefficient (Wildman–Crippen LogP) is 3.35. The minimum absolute atomic E-state index is 0.0191. The molecule has 0 saturated carbocycles. The van der Waals surface area contributed by atoms with Gasteiger partial charge in [-0.15, -0.1) is 0 Å². The Morgan fingerprint density at radius 3 is 2.45 bits per heavy atom. The first-order chi connectivity index (χ1) is 10.5. The number of methoxy groups -OCH3 is 1. The molecule has 2 rings (SSSR count). The highest BCUT2D eigenvalue weighted by molar-refractivity contribution is 5.41. The first-order valence-corrected chi connectivity index (χ1v) is 7.44. The number of benzene rings is 1. The van der Waals surface area contributed by atoms with Gasteiger partial charge in [-0.25, -0.2) is 4.98 Å². The second-order valence-electron chi connectivity index (χ2n) is 6.17. The first kappa shape index (κ1) is 16.1. The van der Waals surface area contributed by atoms with Crippen LogP contribution in [0.4, 0.5) is 11.8 Å². The van der Waals surface area contributed by atoms with Gasteiger partial charge in [0.15, 0.2) is 0 Å². The molecular formula is C17H24N4O. The third-order valence-electron chi connectivity index (χ3n) is 3.01. The standard InChI is InChI=1S/C17H24N4O/c1-17(2,3)21-15-10-12-19-16(20-15)18-11-9-13-5-7-14(22-4)8-6-13/h5-8,10,12H,9,11H2,1-4H3,(H2,18,19,20,21). The lowest BCUT2D eigenvalue weighted by Gasteiger charge is -2.21. The Bertz CT molecular complexity index is 590. The third-order valence-corrected chi connectivity index (χ3v) is 3.01. The van der Waals surface area contributed by atoms with E-state index in [4.69, 9.17) is 4.74 Å². The number of aromatic nitrogens is 2. The summed E-state index contributed by atoms with van der Waals surface area (Å²) in [7, 11) is 1.67. The zero-order chi connectivity index (χ0) is 16.0. The molecule has 5 nitrogen and oxygen atoms in total. The summed E-state index contributed by atoms with van der Waals surface area (Å²) in [6, 6.07) is 9.96. The molecule has 0 aliphatic heterocycles. The Balaban J connectivity index is 1.87. The average Bonchev–Trinajstić information content (AvgIpc) is 2.47. The van der Waals surface area contributed by atoms with Gasteiger partial charge in [0.05, 0.1) is 7.11 Å². The third kappa shape index (κ3) is 5.24. The molecule has 22 heavy (non-hydrogen) atoms. The molecule has 0 fully saturated rings. The van der Waals surface area contributed by atoms with Gasteiger partial charge >= 0.3 is 0 Å². The highest BCUT2D eigenvalue weighted by Crippen LogP contribution is 2.14. The van der Waals surface area contributed by atoms with Crippen LogP contribution in [0, 0.1) is 0 Å². The van der Waals surface area contributed by atoms with E-state index in [0.717, 1.165) is 24.5 Å². The highest BCUT2D eigenvalue weighted by Gasteiger charge is 2.10. The highest BCUT2D eigenvalue weighted by atomic mass is 16.5. The van der Waals surface area contributed by atoms with E-state index in [1.165, 1.54) is 5.56 Å². The van der Waals surface area contributed by atoms with Crippen LogP contribution in [0.3, 0.4) is 0 Å². The van der Waals surface area contributed by atoms with Crippen molar-refractivity contribution in [2.75, 3.05) is 24.3 Å². The van der Waals surface area contributed by atoms with Gasteiger partial charge < -0.3 is 15.4 Å². The van der Waals surface area contributed by atoms with Crippen molar-refractivity contribution in [3.05, 3.63) is 42.1 Å². The molecule has 0 aliphatic rings. The first-order valence-electron chi connectivity index (χ1n) is 7.44. The summed E-state index contributed by atoms with van der Waals surface area (Å²) >= 11 is 0. The van der Waals surface area contributed by atoms with Gasteiger partial charge in [-0.1, -0.05) is 12.1 Å². The number of rotatable bonds is 6. The Kier molecular flexibility index (Phi) is 5.20. The number of hydrogen-bond acceptors (Lipinski definition) is 5. The predicted molar refractivity (Wildman–Crippen MR) is 90.6 cm³/mol. The molecule has 0 unspecified atom stereocenters. The zero-order valence-corrected chi connectivity index (χ0v) is 13.7. The van der Waals surface area contributed by atoms with Crippen molar-refractivity contribution in [1.82, 2.24) is 9.97 Å². The lowest BCUT2D eigenvalue weighted by molar-refractivity contribution is 0.414. The van der Waals surface area contributed by atoms with E-state index >= 15 is 0 Å². The van der Waals surface area contributed by atoms with E-state index in [0.29, 0.717) is 5.95 Å². The molecule has 1 aromatic heterocycles. The van der Waals surface area contributed by atoms with Gasteiger partial charge in [-0.05, 0) is 51.0 Å². The minimum Gasteiger partial charge on any atom is -0.497 e. The number of anilines is 2. The van der Waals surface area contributed by atoms with Crippen LogP contribution < -0.4 is 15.4 Å². The van der Waals surface area contributed by atoms with E-state index in [9.17, 15) is 0 Å². The molecule has 1 heterocycles. The number of nitrogens with zero attached hydrogens (tertiary/aromatic N) is 2. The number of ether oxygens (including phenoxy) is 1. The molecule has 0 radical (unpaired) electrons. The molecule has 0 spiro atoms. The van der Waals surface area contributed by atoms with Crippen molar-refractivity contribution >= 4 is 11.8 Å². The fourth-order valence-corrected chi connectivity index (χ4v) is 2.01. The maximum absolute atomic E-state index is 5.15. The molecule has 0 amide bonds. The van der Waals surface area contributed by atoms with Gasteiger partial charge in [0.25, 0.3) is 0 Å². The second-order valence-corrected chi connectivity index (χ2v) is 6.17. The Morgan fingerprint density at radius 1 is 1.09 bits per heavy atom. The van der Waals surface area contributed by atoms with Crippen LogP contribution in [0.1, 0.15) is 26.3 Å². The van der Waals surface area contributed by atoms with Gasteiger partial charge in [0.1, 0.15) is 11.6 Å². The van der Waals surface area contributed by atoms with Gasteiger partial charge in [0, 0.05) is 18.3 Å². The quantitative estimate of drug-likeness (QED) is 0.856. The lowest BCUT2D eigenvalue weighted by Crippen LogP contribution is -2.26. The maximum Gasteiger partial charge on any atom is 0.224 e. The maximum atomic E-state index is 5.15. The largest absolute Gasteiger partial charge is 0.497 e. The summed E-state index contributed by atoms with van der Waals surface area (Å²) in [6.45, 7) is 7.09. The molecule has 2 aromatic rings. The molecule has 0 atom stereocenters. The van der Waals surface area contributed by atoms with E-state index < -0.39 is 0 Å². The fourth-order valence-electron chi connectivity index (χ4n) is 2.01. The summed E-state index contributed by atoms with van der Waals surface area (Å²) in [5.74, 6) is 2.35. The summed E-state index contributed by atoms with van der Waals surface area (Å²) < 4.78 is 5.15. The van der Waals surface area contributed by atoms with Crippen LogP contribution in [-0.4, -0.2) is 29.2 Å². The van der Waals surface area contributed by atoms with Gasteiger partial charge in [0.2, 0.25) is 5.95 Å². The smallest absolute Gasteiger partial charge is 0.224 e. The normalized spacial score (nSPS) is 11.1. The lowest BCUT2D eigenvalue weighted by atomic mass is 10.1. The minimum atomic E-state index is -0.0191. The van der Waals surface area contributed by atoms with Crippen LogP contribution in [0.2, 0.25) is 0 Å². The zero-order valence-electron chi connectivity index (χ0n) is 13.7. The Hall–Kier alpha value is -2.30. The van der Waals surface area contributed by atoms with Gasteiger partial charge in [-0.2, -0.15) is 4.98 Å². The number of hydrogen-bond donors (Lipinski definition) is 2. The molecule has 118 valence electrons. The Morgan fingerprint density at radius 2 is 1.82 bits per heavy atom. The monoisotopic (exact) mass is 300 g/mol. The van der Waals surface area contributed by atoms with Crippen LogP contribution in [0.25, 0.3) is 0 Å². The fraction of sp³-hybridized carbons (Fsp3) is 0.412. The van der Waals surface area contributed by atoms with E-state index in [1.54, 1.807) is 13.3 Å². The average molecular weight is 300 g/mol. The van der Waals surface area contributed by atoms with E-state index in [2.05, 4.69) is 53.5 Å². The van der Waals surface area contributed by atoms with Crippen molar-refractivity contribution in [1.29, 1.82) is 0 Å². The molecule has 1 aromatic carbocycles. The van der Waals surface area contributed by atoms with Crippen molar-refractivity contribution in [2.45, 2.75) is 32.7 Å². The molecule has 0 bridgehead atoms. The van der Waals surface area contributed by atoms with Crippen LogP contribution in [-0.2, 0) is 6.42 Å². The van der Waals surface area contributed by atoms with Crippen LogP contribution >= 0.6 is 0 Å². The Labute approximate surface area is 132 Å². The topological polar surface area (TPSA) is 59.1 Å². The molecule has 0 saturated heterocycles. The van der Waals surface area contributed by atoms with Crippen LogP contribution in [0.5, 0.6) is 5.75 Å². The van der Waals surface area contributed by atoms with E-state index in [1.807, 2.05) is 18.2 Å². The van der Waals surface area contributed by atoms with Crippen molar-refractivity contribution in [3.63, 3.8) is 0 Å². The molecule has 5 heteroatoms. The molecule has 0 aliphatic carbocycles. The van der Waals surface area contributed by atoms with E-state index in [-0.39, 0.29) is 5.54 Å². The summed E-state index contributed by atoms with van der Waals surface area (Å²) in [5.41, 5.74) is 1.23.